The highest BCUT2D eigenvalue weighted by molar-refractivity contribution is 7.89. The van der Waals surface area contributed by atoms with Crippen LogP contribution in [0.3, 0.4) is 0 Å². The first-order valence-electron chi connectivity index (χ1n) is 10.8. The average Bonchev–Trinajstić information content (AvgIpc) is 3.19. The number of benzene rings is 2. The second-order valence-electron chi connectivity index (χ2n) is 8.66. The molecule has 1 unspecified atom stereocenters. The molecule has 2 aromatic carbocycles. The summed E-state index contributed by atoms with van der Waals surface area (Å²) in [5.41, 5.74) is 9.66. The maximum absolute atomic E-state index is 12.9. The van der Waals surface area contributed by atoms with E-state index >= 15 is 0 Å². The lowest BCUT2D eigenvalue weighted by molar-refractivity contribution is 0.196. The monoisotopic (exact) mass is 508 g/mol. The SMILES string of the molecule is CN(Cc1cccc(C(CN)C2(c3ccc(Cl)cc3)CCC2)c1)S(=O)(=O)c1cnn(C)c1.Cl. The zero-order valence-electron chi connectivity index (χ0n) is 18.8. The van der Waals surface area contributed by atoms with Crippen molar-refractivity contribution in [1.29, 1.82) is 0 Å². The molecule has 9 heteroatoms. The number of nitrogens with two attached hydrogens (primary N) is 1. The van der Waals surface area contributed by atoms with Crippen LogP contribution >= 0.6 is 24.0 Å². The molecule has 33 heavy (non-hydrogen) atoms. The molecule has 1 fully saturated rings. The standard InChI is InChI=1S/C24H29ClN4O2S.ClH/c1-28-17-22(15-27-28)32(30,31)29(2)16-18-5-3-6-19(13-18)23(14-26)24(11-4-12-24)20-7-9-21(25)10-8-20;/h3,5-10,13,15,17,23H,4,11-12,14,16,26H2,1-2H3;1H. The van der Waals surface area contributed by atoms with Crippen molar-refractivity contribution in [3.8, 4) is 0 Å². The van der Waals surface area contributed by atoms with E-state index in [1.54, 1.807) is 14.1 Å². The number of aromatic nitrogens is 2. The van der Waals surface area contributed by atoms with E-state index in [-0.39, 0.29) is 35.2 Å². The predicted molar refractivity (Wildman–Crippen MR) is 134 cm³/mol. The zero-order chi connectivity index (χ0) is 22.9. The van der Waals surface area contributed by atoms with E-state index in [0.717, 1.165) is 29.0 Å². The number of aryl methyl sites for hydroxylation is 1. The molecule has 0 amide bonds. The molecule has 1 aliphatic rings. The summed E-state index contributed by atoms with van der Waals surface area (Å²) in [6, 6.07) is 16.3. The minimum atomic E-state index is -3.61. The molecule has 0 radical (unpaired) electrons. The molecule has 1 saturated carbocycles. The van der Waals surface area contributed by atoms with Gasteiger partial charge in [0.25, 0.3) is 0 Å². The first kappa shape index (κ1) is 25.7. The normalized spacial score (nSPS) is 16.2. The molecule has 4 rings (SSSR count). The number of sulfonamides is 1. The summed E-state index contributed by atoms with van der Waals surface area (Å²) in [4.78, 5) is 0.189. The van der Waals surface area contributed by atoms with Crippen LogP contribution in [-0.2, 0) is 29.0 Å². The van der Waals surface area contributed by atoms with Crippen LogP contribution in [0, 0.1) is 0 Å². The summed E-state index contributed by atoms with van der Waals surface area (Å²) >= 11 is 6.12. The van der Waals surface area contributed by atoms with Gasteiger partial charge in [-0.2, -0.15) is 9.40 Å². The van der Waals surface area contributed by atoms with Gasteiger partial charge in [0.15, 0.2) is 0 Å². The summed E-state index contributed by atoms with van der Waals surface area (Å²) in [6.45, 7) is 0.798. The maximum atomic E-state index is 12.9. The molecule has 0 spiro atoms. The van der Waals surface area contributed by atoms with Gasteiger partial charge >= 0.3 is 0 Å². The summed E-state index contributed by atoms with van der Waals surface area (Å²) < 4.78 is 28.6. The van der Waals surface area contributed by atoms with Crippen LogP contribution in [0.5, 0.6) is 0 Å². The van der Waals surface area contributed by atoms with Gasteiger partial charge in [0, 0.05) is 49.7 Å². The number of hydrogen-bond donors (Lipinski definition) is 1. The summed E-state index contributed by atoms with van der Waals surface area (Å²) in [5, 5.41) is 4.72. The molecule has 178 valence electrons. The van der Waals surface area contributed by atoms with Crippen molar-refractivity contribution in [2.24, 2.45) is 12.8 Å². The molecule has 1 aliphatic carbocycles. The van der Waals surface area contributed by atoms with Gasteiger partial charge in [-0.1, -0.05) is 54.4 Å². The van der Waals surface area contributed by atoms with Crippen molar-refractivity contribution in [2.75, 3.05) is 13.6 Å². The number of nitrogens with zero attached hydrogens (tertiary/aromatic N) is 3. The highest BCUT2D eigenvalue weighted by Crippen LogP contribution is 2.53. The molecule has 1 aromatic heterocycles. The van der Waals surface area contributed by atoms with Crippen molar-refractivity contribution < 1.29 is 8.42 Å². The Morgan fingerprint density at radius 3 is 2.45 bits per heavy atom. The van der Waals surface area contributed by atoms with Gasteiger partial charge in [-0.15, -0.1) is 12.4 Å². The van der Waals surface area contributed by atoms with Crippen molar-refractivity contribution >= 4 is 34.0 Å². The van der Waals surface area contributed by atoms with E-state index in [0.29, 0.717) is 6.54 Å². The van der Waals surface area contributed by atoms with E-state index < -0.39 is 10.0 Å². The second kappa shape index (κ2) is 10.2. The minimum absolute atomic E-state index is 0. The van der Waals surface area contributed by atoms with Gasteiger partial charge in [-0.05, 0) is 41.7 Å². The zero-order valence-corrected chi connectivity index (χ0v) is 21.2. The lowest BCUT2D eigenvalue weighted by Gasteiger charge is -2.48. The Morgan fingerprint density at radius 1 is 1.21 bits per heavy atom. The Bertz CT molecular complexity index is 1190. The second-order valence-corrected chi connectivity index (χ2v) is 11.1. The molecular formula is C24H30Cl2N4O2S. The maximum Gasteiger partial charge on any atom is 0.246 e. The Balaban J connectivity index is 0.00000306. The topological polar surface area (TPSA) is 81.2 Å². The van der Waals surface area contributed by atoms with Crippen LogP contribution in [0.25, 0.3) is 0 Å². The third-order valence-electron chi connectivity index (χ3n) is 6.72. The Labute approximate surface area is 207 Å². The number of hydrogen-bond acceptors (Lipinski definition) is 4. The van der Waals surface area contributed by atoms with E-state index in [4.69, 9.17) is 17.3 Å². The van der Waals surface area contributed by atoms with Gasteiger partial charge in [0.2, 0.25) is 10.0 Å². The third-order valence-corrected chi connectivity index (χ3v) is 8.72. The van der Waals surface area contributed by atoms with E-state index in [2.05, 4.69) is 29.4 Å². The van der Waals surface area contributed by atoms with Crippen molar-refractivity contribution in [2.45, 2.75) is 42.0 Å². The fourth-order valence-corrected chi connectivity index (χ4v) is 6.09. The smallest absolute Gasteiger partial charge is 0.246 e. The Hall–Kier alpha value is -1.90. The van der Waals surface area contributed by atoms with E-state index in [1.165, 1.54) is 33.4 Å². The van der Waals surface area contributed by atoms with Gasteiger partial charge in [0.1, 0.15) is 4.90 Å². The van der Waals surface area contributed by atoms with Crippen LogP contribution in [0.4, 0.5) is 0 Å². The minimum Gasteiger partial charge on any atom is -0.330 e. The van der Waals surface area contributed by atoms with Crippen molar-refractivity contribution in [1.82, 2.24) is 14.1 Å². The fraction of sp³-hybridized carbons (Fsp3) is 0.375. The molecule has 2 N–H and O–H groups in total. The molecule has 6 nitrogen and oxygen atoms in total. The molecule has 3 aromatic rings. The van der Waals surface area contributed by atoms with Gasteiger partial charge in [-0.25, -0.2) is 8.42 Å². The van der Waals surface area contributed by atoms with E-state index in [9.17, 15) is 8.42 Å². The molecule has 0 aliphatic heterocycles. The van der Waals surface area contributed by atoms with Gasteiger partial charge < -0.3 is 5.73 Å². The lowest BCUT2D eigenvalue weighted by atomic mass is 9.56. The predicted octanol–water partition coefficient (Wildman–Crippen LogP) is 4.48. The first-order valence-corrected chi connectivity index (χ1v) is 12.6. The highest BCUT2D eigenvalue weighted by Gasteiger charge is 2.45. The highest BCUT2D eigenvalue weighted by atomic mass is 35.5. The summed E-state index contributed by atoms with van der Waals surface area (Å²) in [6.07, 6.45) is 6.22. The summed E-state index contributed by atoms with van der Waals surface area (Å²) in [7, 11) is -0.317. The molecule has 0 saturated heterocycles. The number of rotatable bonds is 8. The number of halogens is 2. The lowest BCUT2D eigenvalue weighted by Crippen LogP contribution is -2.43. The van der Waals surface area contributed by atoms with Crippen LogP contribution in [0.15, 0.2) is 65.8 Å². The van der Waals surface area contributed by atoms with Crippen LogP contribution in [-0.4, -0.2) is 36.1 Å². The fourth-order valence-electron chi connectivity index (χ4n) is 4.82. The Kier molecular flexibility index (Phi) is 7.91. The summed E-state index contributed by atoms with van der Waals surface area (Å²) in [5.74, 6) is 0.151. The van der Waals surface area contributed by atoms with Gasteiger partial charge in [-0.3, -0.25) is 4.68 Å². The first-order chi connectivity index (χ1) is 15.3. The largest absolute Gasteiger partial charge is 0.330 e. The van der Waals surface area contributed by atoms with Crippen molar-refractivity contribution in [3.05, 3.63) is 82.6 Å². The van der Waals surface area contributed by atoms with E-state index in [1.807, 2.05) is 24.3 Å². The molecule has 1 heterocycles. The van der Waals surface area contributed by atoms with Crippen LogP contribution in [0.2, 0.25) is 5.02 Å². The van der Waals surface area contributed by atoms with Crippen LogP contribution in [0.1, 0.15) is 41.9 Å². The third kappa shape index (κ3) is 4.98. The molecular weight excluding hydrogens is 479 g/mol. The Morgan fingerprint density at radius 2 is 1.91 bits per heavy atom. The molecule has 0 bridgehead atoms. The molecule has 1 atom stereocenters. The van der Waals surface area contributed by atoms with Gasteiger partial charge in [0.05, 0.1) is 6.20 Å². The quantitative estimate of drug-likeness (QED) is 0.486. The average molecular weight is 510 g/mol. The van der Waals surface area contributed by atoms with Crippen molar-refractivity contribution in [3.63, 3.8) is 0 Å². The van der Waals surface area contributed by atoms with Crippen LogP contribution < -0.4 is 5.73 Å².